The maximum atomic E-state index is 5.76. The van der Waals surface area contributed by atoms with Gasteiger partial charge in [0.05, 0.1) is 18.8 Å². The number of nitrogens with one attached hydrogen (secondary N) is 2. The Morgan fingerprint density at radius 1 is 1.33 bits per heavy atom. The SMILES string of the molecule is CN=C(NCCCN1CC(C)OC(C)C1)NCc1ncnn1C.I. The predicted octanol–water partition coefficient (Wildman–Crippen LogP) is 0.597. The number of guanidine groups is 1. The lowest BCUT2D eigenvalue weighted by Gasteiger charge is -2.35. The zero-order chi connectivity index (χ0) is 16.7. The molecule has 2 rings (SSSR count). The van der Waals surface area contributed by atoms with Crippen LogP contribution in [0.25, 0.3) is 0 Å². The van der Waals surface area contributed by atoms with Crippen molar-refractivity contribution < 1.29 is 4.74 Å². The van der Waals surface area contributed by atoms with E-state index in [1.807, 2.05) is 7.05 Å². The highest BCUT2D eigenvalue weighted by Crippen LogP contribution is 2.10. The number of hydrogen-bond acceptors (Lipinski definition) is 5. The van der Waals surface area contributed by atoms with E-state index in [0.717, 1.165) is 44.4 Å². The van der Waals surface area contributed by atoms with Gasteiger partial charge in [-0.15, -0.1) is 24.0 Å². The van der Waals surface area contributed by atoms with Crippen LogP contribution in [0.4, 0.5) is 0 Å². The van der Waals surface area contributed by atoms with Gasteiger partial charge in [0.2, 0.25) is 0 Å². The molecule has 0 spiro atoms. The zero-order valence-corrected chi connectivity index (χ0v) is 17.4. The molecular formula is C15H30IN7O. The Labute approximate surface area is 161 Å². The molecule has 2 heterocycles. The van der Waals surface area contributed by atoms with Gasteiger partial charge in [0, 0.05) is 40.3 Å². The maximum absolute atomic E-state index is 5.76. The van der Waals surface area contributed by atoms with E-state index in [1.165, 1.54) is 0 Å². The first-order valence-electron chi connectivity index (χ1n) is 8.23. The fraction of sp³-hybridized carbons (Fsp3) is 0.800. The third-order valence-corrected chi connectivity index (χ3v) is 3.88. The van der Waals surface area contributed by atoms with Crippen molar-refractivity contribution in [2.75, 3.05) is 33.2 Å². The third-order valence-electron chi connectivity index (χ3n) is 3.88. The molecular weight excluding hydrogens is 421 g/mol. The van der Waals surface area contributed by atoms with Crippen molar-refractivity contribution in [3.05, 3.63) is 12.2 Å². The summed E-state index contributed by atoms with van der Waals surface area (Å²) < 4.78 is 7.51. The summed E-state index contributed by atoms with van der Waals surface area (Å²) in [6.07, 6.45) is 3.28. The van der Waals surface area contributed by atoms with Crippen molar-refractivity contribution in [3.8, 4) is 0 Å². The summed E-state index contributed by atoms with van der Waals surface area (Å²) in [7, 11) is 3.65. The first kappa shape index (κ1) is 21.1. The minimum atomic E-state index is 0. The van der Waals surface area contributed by atoms with Gasteiger partial charge in [-0.25, -0.2) is 4.98 Å². The molecule has 0 aliphatic carbocycles. The van der Waals surface area contributed by atoms with Crippen LogP contribution in [0.1, 0.15) is 26.1 Å². The van der Waals surface area contributed by atoms with Gasteiger partial charge in [0.1, 0.15) is 12.2 Å². The van der Waals surface area contributed by atoms with Gasteiger partial charge in [-0.3, -0.25) is 14.6 Å². The third kappa shape index (κ3) is 6.89. The Kier molecular flexibility index (Phi) is 9.52. The number of aromatic nitrogens is 3. The van der Waals surface area contributed by atoms with Crippen LogP contribution in [-0.4, -0.2) is 71.1 Å². The highest BCUT2D eigenvalue weighted by Gasteiger charge is 2.21. The van der Waals surface area contributed by atoms with Crippen molar-refractivity contribution >= 4 is 29.9 Å². The molecule has 1 aromatic heterocycles. The number of halogens is 1. The zero-order valence-electron chi connectivity index (χ0n) is 15.0. The van der Waals surface area contributed by atoms with Crippen molar-refractivity contribution in [1.29, 1.82) is 0 Å². The number of nitrogens with zero attached hydrogens (tertiary/aromatic N) is 5. The van der Waals surface area contributed by atoms with E-state index in [0.29, 0.717) is 18.8 Å². The van der Waals surface area contributed by atoms with Gasteiger partial charge >= 0.3 is 0 Å². The highest BCUT2D eigenvalue weighted by atomic mass is 127. The molecule has 0 radical (unpaired) electrons. The Hall–Kier alpha value is -0.940. The number of rotatable bonds is 6. The molecule has 0 aromatic carbocycles. The summed E-state index contributed by atoms with van der Waals surface area (Å²) in [5.74, 6) is 1.67. The quantitative estimate of drug-likeness (QED) is 0.286. The molecule has 1 fully saturated rings. The van der Waals surface area contributed by atoms with Gasteiger partial charge in [0.25, 0.3) is 0 Å². The highest BCUT2D eigenvalue weighted by molar-refractivity contribution is 14.0. The number of ether oxygens (including phenoxy) is 1. The molecule has 2 atom stereocenters. The summed E-state index contributed by atoms with van der Waals surface area (Å²) in [6.45, 7) is 8.88. The Bertz CT molecular complexity index is 498. The van der Waals surface area contributed by atoms with E-state index in [-0.39, 0.29) is 24.0 Å². The second-order valence-electron chi connectivity index (χ2n) is 6.02. The van der Waals surface area contributed by atoms with Crippen LogP contribution in [0.2, 0.25) is 0 Å². The molecule has 2 N–H and O–H groups in total. The topological polar surface area (TPSA) is 79.6 Å². The molecule has 1 aliphatic rings. The van der Waals surface area contributed by atoms with Crippen LogP contribution in [0.5, 0.6) is 0 Å². The minimum Gasteiger partial charge on any atom is -0.373 e. The van der Waals surface area contributed by atoms with Gasteiger partial charge in [-0.2, -0.15) is 5.10 Å². The van der Waals surface area contributed by atoms with E-state index in [1.54, 1.807) is 18.1 Å². The molecule has 0 amide bonds. The van der Waals surface area contributed by atoms with Crippen molar-refractivity contribution in [1.82, 2.24) is 30.3 Å². The Balaban J connectivity index is 0.00000288. The van der Waals surface area contributed by atoms with Crippen molar-refractivity contribution in [3.63, 3.8) is 0 Å². The average molecular weight is 451 g/mol. The Morgan fingerprint density at radius 2 is 2.04 bits per heavy atom. The molecule has 8 nitrogen and oxygen atoms in total. The molecule has 138 valence electrons. The molecule has 1 aliphatic heterocycles. The molecule has 9 heteroatoms. The van der Waals surface area contributed by atoms with Gasteiger partial charge < -0.3 is 15.4 Å². The molecule has 24 heavy (non-hydrogen) atoms. The fourth-order valence-corrected chi connectivity index (χ4v) is 2.84. The molecule has 2 unspecified atom stereocenters. The molecule has 1 saturated heterocycles. The average Bonchev–Trinajstić information content (AvgIpc) is 2.91. The second kappa shape index (κ2) is 10.8. The second-order valence-corrected chi connectivity index (χ2v) is 6.02. The molecule has 1 aromatic rings. The van der Waals surface area contributed by atoms with Crippen LogP contribution < -0.4 is 10.6 Å². The van der Waals surface area contributed by atoms with Crippen LogP contribution in [0.3, 0.4) is 0 Å². The summed E-state index contributed by atoms with van der Waals surface area (Å²) in [4.78, 5) is 10.9. The van der Waals surface area contributed by atoms with E-state index in [4.69, 9.17) is 4.74 Å². The lowest BCUT2D eigenvalue weighted by molar-refractivity contribution is -0.0679. The van der Waals surface area contributed by atoms with Crippen molar-refractivity contribution in [2.24, 2.45) is 12.0 Å². The minimum absolute atomic E-state index is 0. The van der Waals surface area contributed by atoms with Crippen LogP contribution in [0.15, 0.2) is 11.3 Å². The van der Waals surface area contributed by atoms with Crippen molar-refractivity contribution in [2.45, 2.75) is 39.0 Å². The monoisotopic (exact) mass is 451 g/mol. The lowest BCUT2D eigenvalue weighted by Crippen LogP contribution is -2.46. The van der Waals surface area contributed by atoms with Crippen LogP contribution in [-0.2, 0) is 18.3 Å². The standard InChI is InChI=1S/C15H29N7O.HI/c1-12-9-22(10-13(2)23-12)7-5-6-17-15(16-3)18-8-14-19-11-20-21(14)4;/h11-13H,5-10H2,1-4H3,(H2,16,17,18);1H. The van der Waals surface area contributed by atoms with Crippen LogP contribution in [0, 0.1) is 0 Å². The smallest absolute Gasteiger partial charge is 0.191 e. The number of aryl methyl sites for hydroxylation is 1. The number of morpholine rings is 1. The summed E-state index contributed by atoms with van der Waals surface area (Å²) in [5.41, 5.74) is 0. The van der Waals surface area contributed by atoms with Gasteiger partial charge in [0.15, 0.2) is 5.96 Å². The summed E-state index contributed by atoms with van der Waals surface area (Å²) in [6, 6.07) is 0. The molecule has 0 saturated carbocycles. The van der Waals surface area contributed by atoms with Gasteiger partial charge in [-0.05, 0) is 20.3 Å². The normalized spacial score (nSPS) is 22.1. The maximum Gasteiger partial charge on any atom is 0.191 e. The fourth-order valence-electron chi connectivity index (χ4n) is 2.84. The lowest BCUT2D eigenvalue weighted by atomic mass is 10.2. The predicted molar refractivity (Wildman–Crippen MR) is 106 cm³/mol. The van der Waals surface area contributed by atoms with E-state index in [9.17, 15) is 0 Å². The van der Waals surface area contributed by atoms with E-state index >= 15 is 0 Å². The number of aliphatic imine (C=N–C) groups is 1. The van der Waals surface area contributed by atoms with E-state index < -0.39 is 0 Å². The van der Waals surface area contributed by atoms with Gasteiger partial charge in [-0.1, -0.05) is 0 Å². The first-order valence-corrected chi connectivity index (χ1v) is 8.23. The Morgan fingerprint density at radius 3 is 2.62 bits per heavy atom. The molecule has 0 bridgehead atoms. The first-order chi connectivity index (χ1) is 11.1. The summed E-state index contributed by atoms with van der Waals surface area (Å²) >= 11 is 0. The van der Waals surface area contributed by atoms with Crippen LogP contribution >= 0.6 is 24.0 Å². The summed E-state index contributed by atoms with van der Waals surface area (Å²) in [5, 5.41) is 10.6. The largest absolute Gasteiger partial charge is 0.373 e. The van der Waals surface area contributed by atoms with E-state index in [2.05, 4.69) is 44.5 Å². The number of hydrogen-bond donors (Lipinski definition) is 2.